The lowest BCUT2D eigenvalue weighted by molar-refractivity contribution is 0.133. The van der Waals surface area contributed by atoms with Gasteiger partial charge in [0.2, 0.25) is 0 Å². The lowest BCUT2D eigenvalue weighted by Gasteiger charge is -2.19. The summed E-state index contributed by atoms with van der Waals surface area (Å²) in [6, 6.07) is 5.82. The third-order valence-electron chi connectivity index (χ3n) is 4.50. The molecular formula is C20H26O8. The molecule has 0 saturated heterocycles. The molecule has 0 fully saturated rings. The van der Waals surface area contributed by atoms with Gasteiger partial charge in [0.1, 0.15) is 0 Å². The number of aliphatic hydroxyl groups excluding tert-OH is 4. The molecular weight excluding hydrogens is 368 g/mol. The smallest absolute Gasteiger partial charge is 0.165 e. The highest BCUT2D eigenvalue weighted by Crippen LogP contribution is 2.47. The lowest BCUT2D eigenvalue weighted by Crippen LogP contribution is -2.03. The number of phenolic OH excluding ortho intramolecular Hbond substituents is 2. The Bertz CT molecular complexity index is 738. The van der Waals surface area contributed by atoms with E-state index in [0.29, 0.717) is 11.1 Å². The summed E-state index contributed by atoms with van der Waals surface area (Å²) in [5.41, 5.74) is 1.05. The lowest BCUT2D eigenvalue weighted by atomic mass is 9.94. The van der Waals surface area contributed by atoms with Crippen LogP contribution in [-0.2, 0) is 0 Å². The average Bonchev–Trinajstić information content (AvgIpc) is 2.68. The zero-order valence-electron chi connectivity index (χ0n) is 15.8. The number of aliphatic hydroxyl groups is 4. The van der Waals surface area contributed by atoms with Crippen LogP contribution in [0.1, 0.15) is 36.2 Å². The molecule has 0 spiro atoms. The number of aromatic hydroxyl groups is 2. The van der Waals surface area contributed by atoms with Crippen LogP contribution < -0.4 is 9.47 Å². The first-order chi connectivity index (χ1) is 13.4. The fourth-order valence-electron chi connectivity index (χ4n) is 2.94. The van der Waals surface area contributed by atoms with Crippen LogP contribution in [0.25, 0.3) is 11.1 Å². The summed E-state index contributed by atoms with van der Waals surface area (Å²) in [7, 11) is 2.70. The Morgan fingerprint density at radius 3 is 1.36 bits per heavy atom. The first kappa shape index (κ1) is 21.8. The molecule has 28 heavy (non-hydrogen) atoms. The standard InChI is InChI=1S/C20H26O8/c1-27-17-9-11(15(23)3-5-21)7-13(19(17)25)14-8-12(16(24)4-6-22)10-18(28-2)20(14)26/h7-10,15-16,21-26H,3-6H2,1-2H3. The van der Waals surface area contributed by atoms with Crippen LogP contribution in [0, 0.1) is 0 Å². The van der Waals surface area contributed by atoms with Gasteiger partial charge in [0.05, 0.1) is 26.4 Å². The van der Waals surface area contributed by atoms with Crippen molar-refractivity contribution in [1.82, 2.24) is 0 Å². The Kier molecular flexibility index (Phi) is 7.47. The molecule has 0 saturated carbocycles. The minimum atomic E-state index is -1.01. The summed E-state index contributed by atoms with van der Waals surface area (Å²) < 4.78 is 10.3. The van der Waals surface area contributed by atoms with Crippen molar-refractivity contribution in [2.45, 2.75) is 25.0 Å². The summed E-state index contributed by atoms with van der Waals surface area (Å²) in [6.45, 7) is -0.469. The van der Waals surface area contributed by atoms with E-state index in [2.05, 4.69) is 0 Å². The highest BCUT2D eigenvalue weighted by atomic mass is 16.5. The number of phenols is 2. The molecule has 154 valence electrons. The van der Waals surface area contributed by atoms with Crippen LogP contribution in [0.3, 0.4) is 0 Å². The topological polar surface area (TPSA) is 140 Å². The van der Waals surface area contributed by atoms with Crippen LogP contribution in [0.4, 0.5) is 0 Å². The molecule has 0 aliphatic heterocycles. The quantitative estimate of drug-likeness (QED) is 0.377. The molecule has 0 aliphatic carbocycles. The van der Waals surface area contributed by atoms with Gasteiger partial charge in [-0.3, -0.25) is 0 Å². The third kappa shape index (κ3) is 4.48. The van der Waals surface area contributed by atoms with Gasteiger partial charge in [-0.05, 0) is 35.4 Å². The molecule has 8 heteroatoms. The monoisotopic (exact) mass is 394 g/mol. The van der Waals surface area contributed by atoms with Gasteiger partial charge >= 0.3 is 0 Å². The summed E-state index contributed by atoms with van der Waals surface area (Å²) in [5, 5.41) is 59.8. The van der Waals surface area contributed by atoms with E-state index in [0.717, 1.165) is 0 Å². The maximum Gasteiger partial charge on any atom is 0.165 e. The van der Waals surface area contributed by atoms with E-state index in [1.54, 1.807) is 0 Å². The van der Waals surface area contributed by atoms with Crippen LogP contribution in [0.15, 0.2) is 24.3 Å². The number of benzene rings is 2. The fraction of sp³-hybridized carbons (Fsp3) is 0.400. The van der Waals surface area contributed by atoms with E-state index in [4.69, 9.17) is 19.7 Å². The molecule has 8 nitrogen and oxygen atoms in total. The zero-order chi connectivity index (χ0) is 20.8. The van der Waals surface area contributed by atoms with E-state index >= 15 is 0 Å². The second-order valence-electron chi connectivity index (χ2n) is 6.29. The summed E-state index contributed by atoms with van der Waals surface area (Å²) >= 11 is 0. The summed E-state index contributed by atoms with van der Waals surface area (Å²) in [5.74, 6) is -0.393. The molecule has 2 aromatic carbocycles. The molecule has 2 rings (SSSR count). The predicted octanol–water partition coefficient (Wildman–Crippen LogP) is 1.61. The average molecular weight is 394 g/mol. The molecule has 0 heterocycles. The molecule has 2 unspecified atom stereocenters. The second-order valence-corrected chi connectivity index (χ2v) is 6.29. The number of methoxy groups -OCH3 is 2. The van der Waals surface area contributed by atoms with Crippen molar-refractivity contribution < 1.29 is 40.1 Å². The first-order valence-electron chi connectivity index (χ1n) is 8.77. The van der Waals surface area contributed by atoms with Crippen LogP contribution >= 0.6 is 0 Å². The van der Waals surface area contributed by atoms with Gasteiger partial charge in [0.25, 0.3) is 0 Å². The van der Waals surface area contributed by atoms with Gasteiger partial charge in [0.15, 0.2) is 23.0 Å². The van der Waals surface area contributed by atoms with E-state index in [-0.39, 0.29) is 60.2 Å². The van der Waals surface area contributed by atoms with Crippen LogP contribution in [0.2, 0.25) is 0 Å². The molecule has 0 aliphatic rings. The molecule has 0 aromatic heterocycles. The van der Waals surface area contributed by atoms with Gasteiger partial charge < -0.3 is 40.1 Å². The highest BCUT2D eigenvalue weighted by molar-refractivity contribution is 5.81. The van der Waals surface area contributed by atoms with Gasteiger partial charge in [-0.25, -0.2) is 0 Å². The second kappa shape index (κ2) is 9.61. The molecule has 6 N–H and O–H groups in total. The largest absolute Gasteiger partial charge is 0.504 e. The number of ether oxygens (including phenoxy) is 2. The number of hydrogen-bond acceptors (Lipinski definition) is 8. The number of hydrogen-bond donors (Lipinski definition) is 6. The predicted molar refractivity (Wildman–Crippen MR) is 102 cm³/mol. The van der Waals surface area contributed by atoms with E-state index < -0.39 is 12.2 Å². The Balaban J connectivity index is 2.71. The van der Waals surface area contributed by atoms with Crippen LogP contribution in [0.5, 0.6) is 23.0 Å². The summed E-state index contributed by atoms with van der Waals surface area (Å²) in [4.78, 5) is 0. The van der Waals surface area contributed by atoms with Crippen molar-refractivity contribution in [2.75, 3.05) is 27.4 Å². The van der Waals surface area contributed by atoms with Crippen molar-refractivity contribution in [3.8, 4) is 34.1 Å². The Morgan fingerprint density at radius 2 is 1.07 bits per heavy atom. The van der Waals surface area contributed by atoms with E-state index in [1.807, 2.05) is 0 Å². The van der Waals surface area contributed by atoms with Crippen molar-refractivity contribution in [3.05, 3.63) is 35.4 Å². The SMILES string of the molecule is COc1cc(C(O)CCO)cc(-c2cc(C(O)CCO)cc(OC)c2O)c1O. The molecule has 2 aromatic rings. The third-order valence-corrected chi connectivity index (χ3v) is 4.50. The maximum atomic E-state index is 10.6. The minimum absolute atomic E-state index is 0.0733. The van der Waals surface area contributed by atoms with Crippen molar-refractivity contribution in [1.29, 1.82) is 0 Å². The van der Waals surface area contributed by atoms with Gasteiger partial charge in [-0.15, -0.1) is 0 Å². The number of rotatable bonds is 9. The molecule has 0 radical (unpaired) electrons. The maximum absolute atomic E-state index is 10.6. The molecule has 0 amide bonds. The van der Waals surface area contributed by atoms with Crippen molar-refractivity contribution in [2.24, 2.45) is 0 Å². The summed E-state index contributed by atoms with van der Waals surface area (Å²) in [6.07, 6.45) is -1.86. The molecule has 0 bridgehead atoms. The Labute approximate surface area is 162 Å². The van der Waals surface area contributed by atoms with Crippen molar-refractivity contribution >= 4 is 0 Å². The fourth-order valence-corrected chi connectivity index (χ4v) is 2.94. The van der Waals surface area contributed by atoms with E-state index in [9.17, 15) is 20.4 Å². The van der Waals surface area contributed by atoms with E-state index in [1.165, 1.54) is 38.5 Å². The van der Waals surface area contributed by atoms with Crippen molar-refractivity contribution in [3.63, 3.8) is 0 Å². The zero-order valence-corrected chi connectivity index (χ0v) is 15.8. The normalized spacial score (nSPS) is 13.2. The highest BCUT2D eigenvalue weighted by Gasteiger charge is 2.22. The first-order valence-corrected chi connectivity index (χ1v) is 8.77. The Morgan fingerprint density at radius 1 is 0.714 bits per heavy atom. The van der Waals surface area contributed by atoms with Gasteiger partial charge in [-0.2, -0.15) is 0 Å². The van der Waals surface area contributed by atoms with Gasteiger partial charge in [-0.1, -0.05) is 0 Å². The van der Waals surface area contributed by atoms with Crippen LogP contribution in [-0.4, -0.2) is 58.1 Å². The van der Waals surface area contributed by atoms with Gasteiger partial charge in [0, 0.05) is 37.2 Å². The Hall–Kier alpha value is -2.52. The minimum Gasteiger partial charge on any atom is -0.504 e. The molecule has 2 atom stereocenters.